The third-order valence-corrected chi connectivity index (χ3v) is 4.47. The van der Waals surface area contributed by atoms with Gasteiger partial charge >= 0.3 is 0 Å². The topological polar surface area (TPSA) is 69.6 Å². The predicted molar refractivity (Wildman–Crippen MR) is 97.0 cm³/mol. The van der Waals surface area contributed by atoms with Crippen LogP contribution in [0.15, 0.2) is 6.07 Å². The molecule has 1 aliphatic rings. The maximum absolute atomic E-state index is 12.2. The zero-order chi connectivity index (χ0) is 18.7. The summed E-state index contributed by atoms with van der Waals surface area (Å²) in [5.41, 5.74) is 0.792. The number of amides is 2. The molecule has 0 N–H and O–H groups in total. The van der Waals surface area contributed by atoms with Crippen molar-refractivity contribution in [2.24, 2.45) is 5.92 Å². The quantitative estimate of drug-likeness (QED) is 0.813. The molecule has 0 radical (unpaired) electrons. The van der Waals surface area contributed by atoms with E-state index >= 15 is 0 Å². The van der Waals surface area contributed by atoms with E-state index in [1.807, 2.05) is 43.8 Å². The van der Waals surface area contributed by atoms with Gasteiger partial charge in [-0.15, -0.1) is 0 Å². The molecule has 2 amide bonds. The summed E-state index contributed by atoms with van der Waals surface area (Å²) in [6.07, 6.45) is 1.83. The van der Waals surface area contributed by atoms with E-state index < -0.39 is 0 Å². The van der Waals surface area contributed by atoms with Crippen LogP contribution in [0, 0.1) is 5.92 Å². The van der Waals surface area contributed by atoms with Gasteiger partial charge in [0.05, 0.1) is 18.3 Å². The number of aromatic nitrogens is 2. The average Bonchev–Trinajstić information content (AvgIpc) is 3.03. The van der Waals surface area contributed by atoms with E-state index in [4.69, 9.17) is 0 Å². The van der Waals surface area contributed by atoms with Crippen LogP contribution in [0.1, 0.15) is 51.2 Å². The lowest BCUT2D eigenvalue weighted by molar-refractivity contribution is -0.133. The van der Waals surface area contributed by atoms with Crippen molar-refractivity contribution in [1.29, 1.82) is 0 Å². The second-order valence-corrected chi connectivity index (χ2v) is 7.19. The highest BCUT2D eigenvalue weighted by molar-refractivity contribution is 5.77. The maximum Gasteiger partial charge on any atom is 0.225 e. The molecule has 0 aliphatic carbocycles. The van der Waals surface area contributed by atoms with Crippen molar-refractivity contribution in [1.82, 2.24) is 19.8 Å². The lowest BCUT2D eigenvalue weighted by Gasteiger charge is -2.25. The number of anilines is 1. The van der Waals surface area contributed by atoms with E-state index in [9.17, 15) is 9.59 Å². The second kappa shape index (κ2) is 7.80. The van der Waals surface area contributed by atoms with E-state index in [0.717, 1.165) is 30.9 Å². The number of likely N-dealkylation sites (tertiary alicyclic amines) is 1. The summed E-state index contributed by atoms with van der Waals surface area (Å²) < 4.78 is 0. The molecule has 138 valence electrons. The van der Waals surface area contributed by atoms with Crippen molar-refractivity contribution >= 4 is 17.6 Å². The Morgan fingerprint density at radius 3 is 2.52 bits per heavy atom. The fourth-order valence-electron chi connectivity index (χ4n) is 3.14. The Balaban J connectivity index is 2.33. The lowest BCUT2D eigenvalue weighted by Crippen LogP contribution is -2.32. The largest absolute Gasteiger partial charge is 0.363 e. The smallest absolute Gasteiger partial charge is 0.225 e. The van der Waals surface area contributed by atoms with Crippen molar-refractivity contribution in [3.05, 3.63) is 17.6 Å². The van der Waals surface area contributed by atoms with Crippen molar-refractivity contribution in [2.75, 3.05) is 32.6 Å². The van der Waals surface area contributed by atoms with Gasteiger partial charge in [0.1, 0.15) is 5.82 Å². The molecule has 1 aromatic rings. The van der Waals surface area contributed by atoms with E-state index in [0.29, 0.717) is 12.4 Å². The molecule has 2 rings (SSSR count). The summed E-state index contributed by atoms with van der Waals surface area (Å²) in [5, 5.41) is 0. The third-order valence-electron chi connectivity index (χ3n) is 4.47. The minimum Gasteiger partial charge on any atom is -0.363 e. The number of carbonyl (C=O) groups excluding carboxylic acids is 2. The molecule has 0 aromatic carbocycles. The van der Waals surface area contributed by atoms with Crippen molar-refractivity contribution in [3.63, 3.8) is 0 Å². The standard InChI is InChI=1S/C18H29N5O2/c1-12(2)18(25)22(6)11-14-10-16(21(4)5)20-17(19-14)15-8-7-9-23(15)13(3)24/h10,12,15H,7-9,11H2,1-6H3/t15-/m1/s1. The van der Waals surface area contributed by atoms with E-state index in [-0.39, 0.29) is 23.8 Å². The van der Waals surface area contributed by atoms with Crippen molar-refractivity contribution in [3.8, 4) is 0 Å². The first-order valence-electron chi connectivity index (χ1n) is 8.78. The van der Waals surface area contributed by atoms with Gasteiger partial charge in [-0.1, -0.05) is 13.8 Å². The fraction of sp³-hybridized carbons (Fsp3) is 0.667. The van der Waals surface area contributed by atoms with Gasteiger partial charge < -0.3 is 14.7 Å². The third kappa shape index (κ3) is 4.46. The molecule has 1 saturated heterocycles. The average molecular weight is 347 g/mol. The first-order chi connectivity index (χ1) is 11.7. The van der Waals surface area contributed by atoms with Gasteiger partial charge in [0.2, 0.25) is 11.8 Å². The summed E-state index contributed by atoms with van der Waals surface area (Å²) in [7, 11) is 5.64. The molecule has 1 aromatic heterocycles. The number of hydrogen-bond acceptors (Lipinski definition) is 5. The Hall–Kier alpha value is -2.18. The van der Waals surface area contributed by atoms with Crippen LogP contribution in [0.25, 0.3) is 0 Å². The zero-order valence-corrected chi connectivity index (χ0v) is 16.1. The fourth-order valence-corrected chi connectivity index (χ4v) is 3.14. The summed E-state index contributed by atoms with van der Waals surface area (Å²) in [5.74, 6) is 1.54. The normalized spacial score (nSPS) is 17.1. The highest BCUT2D eigenvalue weighted by Crippen LogP contribution is 2.31. The summed E-state index contributed by atoms with van der Waals surface area (Å²) in [6.45, 7) is 6.54. The molecule has 7 heteroatoms. The maximum atomic E-state index is 12.2. The van der Waals surface area contributed by atoms with Crippen LogP contribution in [0.5, 0.6) is 0 Å². The van der Waals surface area contributed by atoms with Gasteiger partial charge in [0, 0.05) is 46.6 Å². The molecule has 1 fully saturated rings. The number of carbonyl (C=O) groups is 2. The summed E-state index contributed by atoms with van der Waals surface area (Å²) >= 11 is 0. The van der Waals surface area contributed by atoms with Gasteiger partial charge in [-0.05, 0) is 12.8 Å². The molecule has 7 nitrogen and oxygen atoms in total. The van der Waals surface area contributed by atoms with Crippen LogP contribution >= 0.6 is 0 Å². The highest BCUT2D eigenvalue weighted by atomic mass is 16.2. The predicted octanol–water partition coefficient (Wildman–Crippen LogP) is 1.84. The van der Waals surface area contributed by atoms with Crippen molar-refractivity contribution in [2.45, 2.75) is 46.2 Å². The SMILES string of the molecule is CC(=O)N1CCC[C@@H]1c1nc(CN(C)C(=O)C(C)C)cc(N(C)C)n1. The molecule has 25 heavy (non-hydrogen) atoms. The molecule has 1 atom stereocenters. The van der Waals surface area contributed by atoms with Gasteiger partial charge in [0.15, 0.2) is 5.82 Å². The molecule has 0 bridgehead atoms. The van der Waals surface area contributed by atoms with E-state index in [2.05, 4.69) is 9.97 Å². The Kier molecular flexibility index (Phi) is 5.98. The Labute approximate surface area is 150 Å². The van der Waals surface area contributed by atoms with Crippen LogP contribution < -0.4 is 4.90 Å². The van der Waals surface area contributed by atoms with Crippen LogP contribution in [0.3, 0.4) is 0 Å². The number of hydrogen-bond donors (Lipinski definition) is 0. The zero-order valence-electron chi connectivity index (χ0n) is 16.1. The Morgan fingerprint density at radius 2 is 1.96 bits per heavy atom. The Morgan fingerprint density at radius 1 is 1.28 bits per heavy atom. The Bertz CT molecular complexity index is 644. The molecule has 0 saturated carbocycles. The summed E-state index contributed by atoms with van der Waals surface area (Å²) in [4.78, 5) is 38.8. The van der Waals surface area contributed by atoms with Crippen LogP contribution in [-0.2, 0) is 16.1 Å². The molecule has 0 spiro atoms. The second-order valence-electron chi connectivity index (χ2n) is 7.19. The van der Waals surface area contributed by atoms with Gasteiger partial charge in [-0.25, -0.2) is 9.97 Å². The molecular formula is C18H29N5O2. The first-order valence-corrected chi connectivity index (χ1v) is 8.78. The van der Waals surface area contributed by atoms with Gasteiger partial charge in [-0.3, -0.25) is 9.59 Å². The van der Waals surface area contributed by atoms with Gasteiger partial charge in [-0.2, -0.15) is 0 Å². The minimum absolute atomic E-state index is 0.0509. The number of rotatable bonds is 5. The highest BCUT2D eigenvalue weighted by Gasteiger charge is 2.31. The monoisotopic (exact) mass is 347 g/mol. The van der Waals surface area contributed by atoms with E-state index in [1.165, 1.54) is 0 Å². The minimum atomic E-state index is -0.0812. The van der Waals surface area contributed by atoms with E-state index in [1.54, 1.807) is 18.9 Å². The molecular weight excluding hydrogens is 318 g/mol. The van der Waals surface area contributed by atoms with Crippen LogP contribution in [0.4, 0.5) is 5.82 Å². The van der Waals surface area contributed by atoms with Crippen LogP contribution in [0.2, 0.25) is 0 Å². The van der Waals surface area contributed by atoms with Gasteiger partial charge in [0.25, 0.3) is 0 Å². The summed E-state index contributed by atoms with van der Waals surface area (Å²) in [6, 6.07) is 1.82. The molecule has 1 aliphatic heterocycles. The molecule has 2 heterocycles. The van der Waals surface area contributed by atoms with Crippen LogP contribution in [-0.4, -0.2) is 59.3 Å². The van der Waals surface area contributed by atoms with Crippen molar-refractivity contribution < 1.29 is 9.59 Å². The first kappa shape index (κ1) is 19.1. The number of nitrogens with zero attached hydrogens (tertiary/aromatic N) is 5. The molecule has 0 unspecified atom stereocenters. The lowest BCUT2D eigenvalue weighted by atomic mass is 10.2.